The standard InChI is InChI=1S/C23H22BrNO5/c1-4-29-20-13-15(6-11-19(20)26)12-18-21(23(28)30-5-2)14(3)25(22(18)27)17-9-7-16(24)8-10-17/h6-13,26H,4-5H2,1-3H3/b18-12-. The molecule has 1 aliphatic heterocycles. The molecule has 156 valence electrons. The summed E-state index contributed by atoms with van der Waals surface area (Å²) >= 11 is 3.39. The molecule has 0 bridgehead atoms. The monoisotopic (exact) mass is 471 g/mol. The van der Waals surface area contributed by atoms with Crippen LogP contribution in [-0.4, -0.2) is 30.2 Å². The van der Waals surface area contributed by atoms with Gasteiger partial charge in [0.05, 0.1) is 24.4 Å². The van der Waals surface area contributed by atoms with Gasteiger partial charge in [0.25, 0.3) is 5.91 Å². The van der Waals surface area contributed by atoms with Crippen LogP contribution in [0.15, 0.2) is 63.8 Å². The number of esters is 1. The number of carbonyl (C=O) groups excluding carboxylic acids is 2. The summed E-state index contributed by atoms with van der Waals surface area (Å²) in [6, 6.07) is 12.0. The molecular weight excluding hydrogens is 450 g/mol. The van der Waals surface area contributed by atoms with E-state index < -0.39 is 5.97 Å². The van der Waals surface area contributed by atoms with Crippen molar-refractivity contribution >= 4 is 39.6 Å². The molecule has 1 amide bonds. The van der Waals surface area contributed by atoms with E-state index >= 15 is 0 Å². The molecule has 1 aliphatic rings. The molecule has 2 aromatic rings. The molecule has 0 radical (unpaired) electrons. The number of halogens is 1. The van der Waals surface area contributed by atoms with E-state index in [0.29, 0.717) is 29.3 Å². The Morgan fingerprint density at radius 3 is 2.47 bits per heavy atom. The van der Waals surface area contributed by atoms with Crippen molar-refractivity contribution in [2.75, 3.05) is 18.1 Å². The third-order valence-electron chi connectivity index (χ3n) is 4.56. The first-order valence-electron chi connectivity index (χ1n) is 9.53. The number of phenolic OH excluding ortho intramolecular Hbond substituents is 1. The largest absolute Gasteiger partial charge is 0.504 e. The zero-order valence-electron chi connectivity index (χ0n) is 16.9. The number of amides is 1. The first kappa shape index (κ1) is 21.6. The molecule has 7 heteroatoms. The molecule has 1 N–H and O–H groups in total. The van der Waals surface area contributed by atoms with Gasteiger partial charge in [-0.15, -0.1) is 0 Å². The number of phenols is 1. The molecule has 0 saturated carbocycles. The number of aromatic hydroxyl groups is 1. The minimum atomic E-state index is -0.557. The molecule has 0 unspecified atom stereocenters. The Morgan fingerprint density at radius 1 is 1.13 bits per heavy atom. The Labute approximate surface area is 183 Å². The van der Waals surface area contributed by atoms with E-state index in [0.717, 1.165) is 4.47 Å². The fraction of sp³-hybridized carbons (Fsp3) is 0.217. The summed E-state index contributed by atoms with van der Waals surface area (Å²) in [5.41, 5.74) is 2.20. The van der Waals surface area contributed by atoms with Gasteiger partial charge in [-0.2, -0.15) is 0 Å². The second kappa shape index (κ2) is 9.17. The maximum Gasteiger partial charge on any atom is 0.340 e. The topological polar surface area (TPSA) is 76.1 Å². The number of hydrogen-bond donors (Lipinski definition) is 1. The van der Waals surface area contributed by atoms with Gasteiger partial charge in [0.15, 0.2) is 11.5 Å². The number of hydrogen-bond acceptors (Lipinski definition) is 5. The van der Waals surface area contributed by atoms with Gasteiger partial charge in [-0.25, -0.2) is 4.79 Å². The summed E-state index contributed by atoms with van der Waals surface area (Å²) in [6.45, 7) is 5.83. The average Bonchev–Trinajstić information content (AvgIpc) is 2.95. The van der Waals surface area contributed by atoms with Gasteiger partial charge in [-0.1, -0.05) is 22.0 Å². The van der Waals surface area contributed by atoms with Crippen LogP contribution in [0.25, 0.3) is 6.08 Å². The van der Waals surface area contributed by atoms with Crippen molar-refractivity contribution in [3.05, 3.63) is 69.3 Å². The lowest BCUT2D eigenvalue weighted by atomic mass is 10.0. The van der Waals surface area contributed by atoms with Crippen LogP contribution in [0.3, 0.4) is 0 Å². The van der Waals surface area contributed by atoms with Crippen molar-refractivity contribution in [1.82, 2.24) is 0 Å². The zero-order chi connectivity index (χ0) is 21.8. The maximum absolute atomic E-state index is 13.3. The highest BCUT2D eigenvalue weighted by Gasteiger charge is 2.38. The van der Waals surface area contributed by atoms with Crippen LogP contribution < -0.4 is 9.64 Å². The minimum Gasteiger partial charge on any atom is -0.504 e. The van der Waals surface area contributed by atoms with Crippen LogP contribution in [-0.2, 0) is 14.3 Å². The van der Waals surface area contributed by atoms with Crippen molar-refractivity contribution in [3.63, 3.8) is 0 Å². The number of rotatable bonds is 6. The molecule has 3 rings (SSSR count). The molecule has 30 heavy (non-hydrogen) atoms. The molecule has 2 aromatic carbocycles. The molecule has 0 fully saturated rings. The highest BCUT2D eigenvalue weighted by atomic mass is 79.9. The van der Waals surface area contributed by atoms with Crippen molar-refractivity contribution in [3.8, 4) is 11.5 Å². The number of allylic oxidation sites excluding steroid dienone is 1. The predicted octanol–water partition coefficient (Wildman–Crippen LogP) is 4.82. The molecule has 1 heterocycles. The number of ether oxygens (including phenoxy) is 2. The summed E-state index contributed by atoms with van der Waals surface area (Å²) in [7, 11) is 0. The smallest absolute Gasteiger partial charge is 0.340 e. The van der Waals surface area contributed by atoms with E-state index in [1.807, 2.05) is 19.1 Å². The normalized spacial score (nSPS) is 15.1. The van der Waals surface area contributed by atoms with E-state index in [1.54, 1.807) is 44.2 Å². The number of benzene rings is 2. The van der Waals surface area contributed by atoms with E-state index in [9.17, 15) is 14.7 Å². The lowest BCUT2D eigenvalue weighted by Gasteiger charge is -2.18. The third kappa shape index (κ3) is 4.26. The molecule has 0 saturated heterocycles. The Balaban J connectivity index is 2.11. The Kier molecular flexibility index (Phi) is 6.62. The van der Waals surface area contributed by atoms with Crippen LogP contribution in [0.4, 0.5) is 5.69 Å². The van der Waals surface area contributed by atoms with Crippen molar-refractivity contribution in [2.45, 2.75) is 20.8 Å². The lowest BCUT2D eigenvalue weighted by molar-refractivity contribution is -0.138. The fourth-order valence-corrected chi connectivity index (χ4v) is 3.50. The highest BCUT2D eigenvalue weighted by Crippen LogP contribution is 2.37. The van der Waals surface area contributed by atoms with Gasteiger partial charge in [-0.05, 0) is 68.8 Å². The summed E-state index contributed by atoms with van der Waals surface area (Å²) in [4.78, 5) is 27.5. The second-order valence-electron chi connectivity index (χ2n) is 6.52. The molecule has 6 nitrogen and oxygen atoms in total. The summed E-state index contributed by atoms with van der Waals surface area (Å²) in [5, 5.41) is 9.94. The van der Waals surface area contributed by atoms with E-state index in [-0.39, 0.29) is 29.4 Å². The van der Waals surface area contributed by atoms with Gasteiger partial charge in [0, 0.05) is 15.9 Å². The number of carbonyl (C=O) groups is 2. The van der Waals surface area contributed by atoms with Crippen LogP contribution in [0.1, 0.15) is 26.3 Å². The van der Waals surface area contributed by atoms with Crippen LogP contribution in [0.5, 0.6) is 11.5 Å². The van der Waals surface area contributed by atoms with Gasteiger partial charge in [0.1, 0.15) is 0 Å². The number of anilines is 1. The first-order chi connectivity index (χ1) is 14.4. The van der Waals surface area contributed by atoms with Crippen LogP contribution in [0, 0.1) is 0 Å². The van der Waals surface area contributed by atoms with E-state index in [2.05, 4.69) is 15.9 Å². The SMILES string of the molecule is CCOC(=O)C1=C(C)N(c2ccc(Br)cc2)C(=O)/C1=C\c1ccc(O)c(OCC)c1. The fourth-order valence-electron chi connectivity index (χ4n) is 3.24. The number of nitrogens with zero attached hydrogens (tertiary/aromatic N) is 1. The summed E-state index contributed by atoms with van der Waals surface area (Å²) in [5.74, 6) is -0.576. The van der Waals surface area contributed by atoms with E-state index in [4.69, 9.17) is 9.47 Å². The molecule has 0 aromatic heterocycles. The minimum absolute atomic E-state index is 0.00516. The Bertz CT molecular complexity index is 1040. The quantitative estimate of drug-likeness (QED) is 0.482. The second-order valence-corrected chi connectivity index (χ2v) is 7.43. The van der Waals surface area contributed by atoms with Gasteiger partial charge < -0.3 is 14.6 Å². The van der Waals surface area contributed by atoms with Gasteiger partial charge in [0.2, 0.25) is 0 Å². The highest BCUT2D eigenvalue weighted by molar-refractivity contribution is 9.10. The van der Waals surface area contributed by atoms with Gasteiger partial charge >= 0.3 is 5.97 Å². The van der Waals surface area contributed by atoms with Gasteiger partial charge in [-0.3, -0.25) is 9.69 Å². The maximum atomic E-state index is 13.3. The molecular formula is C23H22BrNO5. The van der Waals surface area contributed by atoms with Crippen molar-refractivity contribution < 1.29 is 24.2 Å². The average molecular weight is 472 g/mol. The van der Waals surface area contributed by atoms with Crippen LogP contribution >= 0.6 is 15.9 Å². The Hall–Kier alpha value is -3.06. The first-order valence-corrected chi connectivity index (χ1v) is 10.3. The van der Waals surface area contributed by atoms with Crippen LogP contribution in [0.2, 0.25) is 0 Å². The lowest BCUT2D eigenvalue weighted by Crippen LogP contribution is -2.24. The van der Waals surface area contributed by atoms with E-state index in [1.165, 1.54) is 11.0 Å². The zero-order valence-corrected chi connectivity index (χ0v) is 18.5. The third-order valence-corrected chi connectivity index (χ3v) is 5.09. The summed E-state index contributed by atoms with van der Waals surface area (Å²) < 4.78 is 11.5. The molecule has 0 spiro atoms. The molecule has 0 atom stereocenters. The molecule has 0 aliphatic carbocycles. The van der Waals surface area contributed by atoms with Crippen molar-refractivity contribution in [1.29, 1.82) is 0 Å². The Morgan fingerprint density at radius 2 is 1.83 bits per heavy atom. The predicted molar refractivity (Wildman–Crippen MR) is 118 cm³/mol. The summed E-state index contributed by atoms with van der Waals surface area (Å²) in [6.07, 6.45) is 1.61. The van der Waals surface area contributed by atoms with Crippen molar-refractivity contribution in [2.24, 2.45) is 0 Å².